The summed E-state index contributed by atoms with van der Waals surface area (Å²) in [6.45, 7) is 8.59. The summed E-state index contributed by atoms with van der Waals surface area (Å²) in [4.78, 5) is 28.5. The van der Waals surface area contributed by atoms with Crippen molar-refractivity contribution in [1.82, 2.24) is 10.1 Å². The third-order valence-electron chi connectivity index (χ3n) is 4.73. The van der Waals surface area contributed by atoms with Crippen LogP contribution in [0.1, 0.15) is 41.3 Å². The van der Waals surface area contributed by atoms with E-state index in [0.717, 1.165) is 12.0 Å². The predicted molar refractivity (Wildman–Crippen MR) is 97.8 cm³/mol. The number of hydrogen-bond donors (Lipinski definition) is 0. The summed E-state index contributed by atoms with van der Waals surface area (Å²) < 4.78 is 10.7. The van der Waals surface area contributed by atoms with Gasteiger partial charge in [0.1, 0.15) is 5.76 Å². The second-order valence-electron chi connectivity index (χ2n) is 7.01. The molecule has 1 amide bonds. The molecule has 0 fully saturated rings. The lowest BCUT2D eigenvalue weighted by Crippen LogP contribution is -2.45. The van der Waals surface area contributed by atoms with Gasteiger partial charge in [-0.25, -0.2) is 0 Å². The first-order chi connectivity index (χ1) is 12.4. The van der Waals surface area contributed by atoms with Gasteiger partial charge in [0.25, 0.3) is 5.91 Å². The summed E-state index contributed by atoms with van der Waals surface area (Å²) in [7, 11) is 0. The Morgan fingerprint density at radius 2 is 2.15 bits per heavy atom. The van der Waals surface area contributed by atoms with Crippen LogP contribution in [0.4, 0.5) is 0 Å². The van der Waals surface area contributed by atoms with E-state index in [-0.39, 0.29) is 18.2 Å². The van der Waals surface area contributed by atoms with Crippen molar-refractivity contribution in [1.29, 1.82) is 0 Å². The first-order valence-electron chi connectivity index (χ1n) is 8.82. The van der Waals surface area contributed by atoms with Gasteiger partial charge in [0, 0.05) is 23.5 Å². The van der Waals surface area contributed by atoms with E-state index in [9.17, 15) is 9.59 Å². The van der Waals surface area contributed by atoms with Crippen LogP contribution in [0.25, 0.3) is 0 Å². The highest BCUT2D eigenvalue weighted by atomic mass is 32.1. The molecule has 1 aliphatic rings. The Kier molecular flexibility index (Phi) is 5.46. The van der Waals surface area contributed by atoms with E-state index in [1.807, 2.05) is 13.8 Å². The van der Waals surface area contributed by atoms with Gasteiger partial charge in [-0.15, -0.1) is 11.3 Å². The number of rotatable bonds is 5. The van der Waals surface area contributed by atoms with Gasteiger partial charge in [0.05, 0.1) is 12.1 Å². The SMILES string of the molecule is Cc1noc(C)c1CC(=O)O[C@H](C(=O)N1CCc2sccc2C1)C(C)C. The fourth-order valence-electron chi connectivity index (χ4n) is 3.17. The summed E-state index contributed by atoms with van der Waals surface area (Å²) in [6, 6.07) is 2.06. The first-order valence-corrected chi connectivity index (χ1v) is 9.70. The van der Waals surface area contributed by atoms with Crippen LogP contribution >= 0.6 is 11.3 Å². The minimum Gasteiger partial charge on any atom is -0.452 e. The number of hydrogen-bond acceptors (Lipinski definition) is 6. The topological polar surface area (TPSA) is 72.6 Å². The molecule has 1 atom stereocenters. The summed E-state index contributed by atoms with van der Waals surface area (Å²) in [5.41, 5.74) is 2.60. The molecule has 3 rings (SSSR count). The Bertz CT molecular complexity index is 789. The lowest BCUT2D eigenvalue weighted by molar-refractivity contribution is -0.163. The fraction of sp³-hybridized carbons (Fsp3) is 0.526. The van der Waals surface area contributed by atoms with E-state index in [0.29, 0.717) is 24.5 Å². The minimum absolute atomic E-state index is 0.0619. The Morgan fingerprint density at radius 1 is 1.38 bits per heavy atom. The molecule has 0 aliphatic carbocycles. The molecule has 140 valence electrons. The molecule has 0 spiro atoms. The summed E-state index contributed by atoms with van der Waals surface area (Å²) in [6.07, 6.45) is 0.145. The van der Waals surface area contributed by atoms with Gasteiger partial charge < -0.3 is 14.2 Å². The van der Waals surface area contributed by atoms with Crippen molar-refractivity contribution >= 4 is 23.2 Å². The van der Waals surface area contributed by atoms with Crippen molar-refractivity contribution < 1.29 is 18.8 Å². The monoisotopic (exact) mass is 376 g/mol. The van der Waals surface area contributed by atoms with Crippen LogP contribution in [-0.2, 0) is 33.7 Å². The minimum atomic E-state index is -0.775. The smallest absolute Gasteiger partial charge is 0.311 e. The number of esters is 1. The molecule has 26 heavy (non-hydrogen) atoms. The summed E-state index contributed by atoms with van der Waals surface area (Å²) in [5.74, 6) is -0.0449. The number of carbonyl (C=O) groups is 2. The number of nitrogens with zero attached hydrogens (tertiary/aromatic N) is 2. The quantitative estimate of drug-likeness (QED) is 0.750. The van der Waals surface area contributed by atoms with Crippen molar-refractivity contribution in [2.75, 3.05) is 6.54 Å². The number of aromatic nitrogens is 1. The van der Waals surface area contributed by atoms with Crippen LogP contribution in [0.15, 0.2) is 16.0 Å². The van der Waals surface area contributed by atoms with E-state index in [4.69, 9.17) is 9.26 Å². The molecule has 0 saturated heterocycles. The molecule has 0 bridgehead atoms. The van der Waals surface area contributed by atoms with Crippen molar-refractivity contribution in [3.05, 3.63) is 38.9 Å². The van der Waals surface area contributed by atoms with Crippen molar-refractivity contribution in [2.24, 2.45) is 5.92 Å². The van der Waals surface area contributed by atoms with Crippen LogP contribution in [0.3, 0.4) is 0 Å². The molecule has 0 aromatic carbocycles. The van der Waals surface area contributed by atoms with E-state index in [1.165, 1.54) is 10.4 Å². The number of thiophene rings is 1. The van der Waals surface area contributed by atoms with Gasteiger partial charge in [-0.1, -0.05) is 19.0 Å². The third kappa shape index (κ3) is 3.82. The Hall–Kier alpha value is -2.15. The zero-order chi connectivity index (χ0) is 18.8. The van der Waals surface area contributed by atoms with Crippen molar-refractivity contribution in [3.63, 3.8) is 0 Å². The highest BCUT2D eigenvalue weighted by Gasteiger charge is 2.33. The molecule has 6 nitrogen and oxygen atoms in total. The summed E-state index contributed by atoms with van der Waals surface area (Å²) in [5, 5.41) is 5.91. The molecule has 0 saturated carbocycles. The van der Waals surface area contributed by atoms with Crippen LogP contribution in [0, 0.1) is 19.8 Å². The Labute approximate surface area is 157 Å². The van der Waals surface area contributed by atoms with Crippen LogP contribution in [-0.4, -0.2) is 34.6 Å². The van der Waals surface area contributed by atoms with Crippen LogP contribution < -0.4 is 0 Å². The maximum atomic E-state index is 13.0. The molecule has 0 unspecified atom stereocenters. The largest absolute Gasteiger partial charge is 0.452 e. The number of carbonyl (C=O) groups excluding carboxylic acids is 2. The van der Waals surface area contributed by atoms with Crippen molar-refractivity contribution in [2.45, 2.75) is 53.2 Å². The van der Waals surface area contributed by atoms with Gasteiger partial charge in [-0.2, -0.15) is 0 Å². The van der Waals surface area contributed by atoms with Gasteiger partial charge >= 0.3 is 5.97 Å². The van der Waals surface area contributed by atoms with Gasteiger partial charge in [0.2, 0.25) is 0 Å². The molecule has 0 radical (unpaired) electrons. The molecule has 2 aromatic rings. The van der Waals surface area contributed by atoms with Crippen LogP contribution in [0.2, 0.25) is 0 Å². The molecule has 3 heterocycles. The Morgan fingerprint density at radius 3 is 2.81 bits per heavy atom. The third-order valence-corrected chi connectivity index (χ3v) is 5.75. The maximum absolute atomic E-state index is 13.0. The fourth-order valence-corrected chi connectivity index (χ4v) is 4.06. The first kappa shape index (κ1) is 18.6. The zero-order valence-electron chi connectivity index (χ0n) is 15.6. The predicted octanol–water partition coefficient (Wildman–Crippen LogP) is 3.05. The van der Waals surface area contributed by atoms with Gasteiger partial charge in [0.15, 0.2) is 6.10 Å². The van der Waals surface area contributed by atoms with Gasteiger partial charge in [-0.3, -0.25) is 9.59 Å². The number of aryl methyl sites for hydroxylation is 2. The van der Waals surface area contributed by atoms with Crippen LogP contribution in [0.5, 0.6) is 0 Å². The van der Waals surface area contributed by atoms with E-state index in [2.05, 4.69) is 16.6 Å². The number of fused-ring (bicyclic) bond motifs is 1. The molecular formula is C19H24N2O4S. The van der Waals surface area contributed by atoms with Crippen molar-refractivity contribution in [3.8, 4) is 0 Å². The highest BCUT2D eigenvalue weighted by Crippen LogP contribution is 2.25. The molecule has 1 aliphatic heterocycles. The lowest BCUT2D eigenvalue weighted by atomic mass is 10.0. The molecule has 7 heteroatoms. The number of ether oxygens (including phenoxy) is 1. The molecule has 2 aromatic heterocycles. The standard InChI is InChI=1S/C19H24N2O4S/c1-11(2)18(24-17(22)9-15-12(3)20-25-13(15)4)19(23)21-7-5-16-14(10-21)6-8-26-16/h6,8,11,18H,5,7,9-10H2,1-4H3/t18-/m0/s1. The average Bonchev–Trinajstić information content (AvgIpc) is 3.19. The molecular weight excluding hydrogens is 352 g/mol. The lowest BCUT2D eigenvalue weighted by Gasteiger charge is -2.31. The Balaban J connectivity index is 1.67. The van der Waals surface area contributed by atoms with E-state index >= 15 is 0 Å². The zero-order valence-corrected chi connectivity index (χ0v) is 16.4. The second kappa shape index (κ2) is 7.61. The second-order valence-corrected chi connectivity index (χ2v) is 8.01. The highest BCUT2D eigenvalue weighted by molar-refractivity contribution is 7.10. The number of amides is 1. The van der Waals surface area contributed by atoms with Gasteiger partial charge in [-0.05, 0) is 43.2 Å². The van der Waals surface area contributed by atoms with E-state index in [1.54, 1.807) is 30.1 Å². The van der Waals surface area contributed by atoms with E-state index < -0.39 is 12.1 Å². The maximum Gasteiger partial charge on any atom is 0.311 e. The summed E-state index contributed by atoms with van der Waals surface area (Å²) >= 11 is 1.73. The molecule has 0 N–H and O–H groups in total. The normalized spacial score (nSPS) is 15.0. The average molecular weight is 376 g/mol.